The standard InChI is InChI=1S/C30H37F3N4O/c1-29(2,3)23-15-10-20(11-16-23)9-12-21-13-14-22(19-24(21)30(31,32)33)25-7-4-5-18-38-27(36-25)26-8-6-17-37(26)28(34)35/h7,10-11,13-16,19,26H,4-6,8-9,12,17-18H2,1-3H3,(H3,34,35)/b25-7+,36-27-/t26-/m0/s1. The monoisotopic (exact) mass is 526 g/mol. The Balaban J connectivity index is 1.61. The van der Waals surface area contributed by atoms with Crippen molar-refractivity contribution in [2.45, 2.75) is 76.9 Å². The third-order valence-corrected chi connectivity index (χ3v) is 7.23. The van der Waals surface area contributed by atoms with Crippen molar-refractivity contribution in [1.82, 2.24) is 4.90 Å². The van der Waals surface area contributed by atoms with Gasteiger partial charge in [0.1, 0.15) is 6.04 Å². The average molecular weight is 527 g/mol. The Kier molecular flexibility index (Phi) is 8.19. The fraction of sp³-hybridized carbons (Fsp3) is 0.467. The van der Waals surface area contributed by atoms with Crippen LogP contribution in [-0.2, 0) is 29.2 Å². The number of ether oxygens (including phenoxy) is 1. The van der Waals surface area contributed by atoms with Gasteiger partial charge in [-0.2, -0.15) is 13.2 Å². The first-order chi connectivity index (χ1) is 17.9. The molecule has 0 aromatic heterocycles. The molecule has 0 aliphatic carbocycles. The lowest BCUT2D eigenvalue weighted by molar-refractivity contribution is -0.138. The van der Waals surface area contributed by atoms with Gasteiger partial charge in [0.15, 0.2) is 5.96 Å². The predicted molar refractivity (Wildman–Crippen MR) is 146 cm³/mol. The van der Waals surface area contributed by atoms with E-state index >= 15 is 0 Å². The lowest BCUT2D eigenvalue weighted by Gasteiger charge is -2.26. The molecule has 4 rings (SSSR count). The van der Waals surface area contributed by atoms with Crippen LogP contribution in [0.15, 0.2) is 53.5 Å². The van der Waals surface area contributed by atoms with E-state index in [9.17, 15) is 13.2 Å². The Morgan fingerprint density at radius 3 is 2.47 bits per heavy atom. The molecule has 0 bridgehead atoms. The fourth-order valence-corrected chi connectivity index (χ4v) is 5.03. The Morgan fingerprint density at radius 1 is 1.08 bits per heavy atom. The van der Waals surface area contributed by atoms with Crippen LogP contribution in [0.3, 0.4) is 0 Å². The molecule has 1 saturated heterocycles. The van der Waals surface area contributed by atoms with E-state index in [1.807, 2.05) is 18.2 Å². The summed E-state index contributed by atoms with van der Waals surface area (Å²) in [5, 5.41) is 7.87. The second-order valence-electron chi connectivity index (χ2n) is 11.1. The van der Waals surface area contributed by atoms with Gasteiger partial charge in [0, 0.05) is 12.1 Å². The molecule has 1 fully saturated rings. The molecular formula is C30H37F3N4O. The van der Waals surface area contributed by atoms with Gasteiger partial charge >= 0.3 is 6.18 Å². The first kappa shape index (κ1) is 27.7. The topological polar surface area (TPSA) is 74.7 Å². The molecule has 1 atom stereocenters. The molecular weight excluding hydrogens is 489 g/mol. The zero-order valence-electron chi connectivity index (χ0n) is 22.4. The third-order valence-electron chi connectivity index (χ3n) is 7.23. The van der Waals surface area contributed by atoms with Crippen LogP contribution in [0.25, 0.3) is 5.70 Å². The van der Waals surface area contributed by atoms with Crippen molar-refractivity contribution in [2.24, 2.45) is 10.7 Å². The van der Waals surface area contributed by atoms with Crippen LogP contribution in [0.1, 0.15) is 74.3 Å². The van der Waals surface area contributed by atoms with E-state index in [4.69, 9.17) is 15.9 Å². The number of guanidine groups is 1. The molecule has 38 heavy (non-hydrogen) atoms. The van der Waals surface area contributed by atoms with Crippen molar-refractivity contribution in [3.63, 3.8) is 0 Å². The number of aliphatic imine (C=N–C) groups is 1. The van der Waals surface area contributed by atoms with Gasteiger partial charge in [0.2, 0.25) is 5.90 Å². The quantitative estimate of drug-likeness (QED) is 0.336. The first-order valence-corrected chi connectivity index (χ1v) is 13.3. The van der Waals surface area contributed by atoms with E-state index in [-0.39, 0.29) is 29.4 Å². The number of hydrogen-bond acceptors (Lipinski definition) is 3. The number of alkyl halides is 3. The lowest BCUT2D eigenvalue weighted by Crippen LogP contribution is -2.44. The van der Waals surface area contributed by atoms with E-state index in [1.54, 1.807) is 17.0 Å². The molecule has 8 heteroatoms. The SMILES string of the molecule is CC(C)(C)c1ccc(CCc2ccc(C3=C\CCCO/C([C@@H]4CCCN4C(=N)N)=N\3)cc2C(F)(F)F)cc1. The van der Waals surface area contributed by atoms with Gasteiger partial charge < -0.3 is 15.4 Å². The van der Waals surface area contributed by atoms with Crippen molar-refractivity contribution in [2.75, 3.05) is 13.2 Å². The molecule has 5 nitrogen and oxygen atoms in total. The maximum atomic E-state index is 14.2. The Labute approximate surface area is 223 Å². The number of likely N-dealkylation sites (tertiary alicyclic amines) is 1. The molecule has 2 aromatic rings. The van der Waals surface area contributed by atoms with Gasteiger partial charge in [-0.25, -0.2) is 4.99 Å². The lowest BCUT2D eigenvalue weighted by atomic mass is 9.86. The summed E-state index contributed by atoms with van der Waals surface area (Å²) >= 11 is 0. The van der Waals surface area contributed by atoms with Gasteiger partial charge in [-0.1, -0.05) is 63.2 Å². The van der Waals surface area contributed by atoms with Gasteiger partial charge in [-0.05, 0) is 66.7 Å². The number of nitrogens with two attached hydrogens (primary N) is 1. The maximum absolute atomic E-state index is 14.2. The minimum atomic E-state index is -4.48. The minimum Gasteiger partial charge on any atom is -0.479 e. The summed E-state index contributed by atoms with van der Waals surface area (Å²) in [7, 11) is 0. The zero-order chi connectivity index (χ0) is 27.5. The molecule has 2 aliphatic heterocycles. The number of benzene rings is 2. The maximum Gasteiger partial charge on any atom is 0.416 e. The summed E-state index contributed by atoms with van der Waals surface area (Å²) in [6.45, 7) is 7.51. The van der Waals surface area contributed by atoms with Crippen LogP contribution in [0.5, 0.6) is 0 Å². The smallest absolute Gasteiger partial charge is 0.416 e. The predicted octanol–water partition coefficient (Wildman–Crippen LogP) is 6.70. The highest BCUT2D eigenvalue weighted by molar-refractivity contribution is 5.91. The largest absolute Gasteiger partial charge is 0.479 e. The van der Waals surface area contributed by atoms with Crippen LogP contribution in [-0.4, -0.2) is 36.0 Å². The average Bonchev–Trinajstić information content (AvgIpc) is 3.32. The van der Waals surface area contributed by atoms with E-state index in [2.05, 4.69) is 37.9 Å². The summed E-state index contributed by atoms with van der Waals surface area (Å²) in [5.41, 5.74) is 8.49. The summed E-state index contributed by atoms with van der Waals surface area (Å²) < 4.78 is 48.5. The Bertz CT molecular complexity index is 1210. The van der Waals surface area contributed by atoms with Crippen molar-refractivity contribution in [1.29, 1.82) is 5.41 Å². The molecule has 3 N–H and O–H groups in total. The van der Waals surface area contributed by atoms with Crippen molar-refractivity contribution in [3.8, 4) is 0 Å². The summed E-state index contributed by atoms with van der Waals surface area (Å²) in [6.07, 6.45) is 1.16. The second kappa shape index (κ2) is 11.2. The van der Waals surface area contributed by atoms with Crippen LogP contribution < -0.4 is 5.73 Å². The normalized spacial score (nSPS) is 21.5. The van der Waals surface area contributed by atoms with E-state index in [0.29, 0.717) is 43.2 Å². The molecule has 0 unspecified atom stereocenters. The van der Waals surface area contributed by atoms with Gasteiger partial charge in [-0.3, -0.25) is 5.41 Å². The first-order valence-electron chi connectivity index (χ1n) is 13.3. The van der Waals surface area contributed by atoms with Gasteiger partial charge in [-0.15, -0.1) is 0 Å². The number of aryl methyl sites for hydroxylation is 2. The highest BCUT2D eigenvalue weighted by Gasteiger charge is 2.35. The molecule has 0 saturated carbocycles. The molecule has 204 valence electrons. The Morgan fingerprint density at radius 2 is 1.82 bits per heavy atom. The van der Waals surface area contributed by atoms with Crippen LogP contribution in [0, 0.1) is 5.41 Å². The molecule has 0 amide bonds. The molecule has 2 aliphatic rings. The molecule has 0 spiro atoms. The number of rotatable bonds is 5. The van der Waals surface area contributed by atoms with E-state index in [0.717, 1.165) is 24.8 Å². The van der Waals surface area contributed by atoms with E-state index in [1.165, 1.54) is 11.6 Å². The summed E-state index contributed by atoms with van der Waals surface area (Å²) in [6, 6.07) is 12.4. The number of nitrogens with one attached hydrogen (secondary N) is 1. The highest BCUT2D eigenvalue weighted by Crippen LogP contribution is 2.36. The van der Waals surface area contributed by atoms with Crippen LogP contribution in [0.4, 0.5) is 13.2 Å². The van der Waals surface area contributed by atoms with E-state index < -0.39 is 11.7 Å². The molecule has 0 radical (unpaired) electrons. The van der Waals surface area contributed by atoms with Crippen LogP contribution >= 0.6 is 0 Å². The van der Waals surface area contributed by atoms with Crippen molar-refractivity contribution >= 4 is 17.6 Å². The van der Waals surface area contributed by atoms with Crippen molar-refractivity contribution < 1.29 is 17.9 Å². The minimum absolute atomic E-state index is 0.0268. The highest BCUT2D eigenvalue weighted by atomic mass is 19.4. The van der Waals surface area contributed by atoms with Crippen LogP contribution in [0.2, 0.25) is 0 Å². The summed E-state index contributed by atoms with van der Waals surface area (Å²) in [4.78, 5) is 6.42. The van der Waals surface area contributed by atoms with Gasteiger partial charge in [0.25, 0.3) is 0 Å². The van der Waals surface area contributed by atoms with Crippen molar-refractivity contribution in [3.05, 3.63) is 76.4 Å². The number of hydrogen-bond donors (Lipinski definition) is 2. The number of allylic oxidation sites excluding steroid dienone is 1. The Hall–Kier alpha value is -3.29. The number of halogens is 3. The molecule has 2 heterocycles. The fourth-order valence-electron chi connectivity index (χ4n) is 5.03. The number of nitrogens with zero attached hydrogens (tertiary/aromatic N) is 2. The zero-order valence-corrected chi connectivity index (χ0v) is 22.4. The summed E-state index contributed by atoms with van der Waals surface area (Å²) in [5.74, 6) is 0.364. The second-order valence-corrected chi connectivity index (χ2v) is 11.1. The van der Waals surface area contributed by atoms with Gasteiger partial charge in [0.05, 0.1) is 17.9 Å². The molecule has 2 aromatic carbocycles. The third kappa shape index (κ3) is 6.58.